The summed E-state index contributed by atoms with van der Waals surface area (Å²) in [6, 6.07) is 107. The largest absolute Gasteiger partial charge is 0.456 e. The van der Waals surface area contributed by atoms with E-state index in [0.717, 1.165) is 177 Å². The molecule has 2 aliphatic rings. The maximum atomic E-state index is 10.7. The maximum Gasteiger partial charge on any atom is 0.252 e. The van der Waals surface area contributed by atoms with Crippen molar-refractivity contribution in [3.63, 3.8) is 0 Å². The van der Waals surface area contributed by atoms with E-state index in [-0.39, 0.29) is 68.4 Å². The van der Waals surface area contributed by atoms with Crippen LogP contribution in [0.4, 0.5) is 34.1 Å². The molecule has 22 aromatic rings. The highest BCUT2D eigenvalue weighted by Crippen LogP contribution is 2.58. The lowest BCUT2D eigenvalue weighted by Crippen LogP contribution is -2.61. The van der Waals surface area contributed by atoms with Crippen molar-refractivity contribution in [1.29, 1.82) is 0 Å². The molecule has 0 radical (unpaired) electrons. The van der Waals surface area contributed by atoms with Crippen LogP contribution in [0.25, 0.3) is 176 Å². The first-order valence-corrected chi connectivity index (χ1v) is 43.7. The molecule has 0 fully saturated rings. The molecular weight excluding hydrogens is 1520 g/mol. The van der Waals surface area contributed by atoms with Gasteiger partial charge in [0.1, 0.15) is 22.3 Å². The van der Waals surface area contributed by atoms with Crippen LogP contribution in [-0.2, 0) is 21.7 Å². The Morgan fingerprint density at radius 1 is 0.296 bits per heavy atom. The minimum atomic E-state index is -0.584. The summed E-state index contributed by atoms with van der Waals surface area (Å²) in [5.74, 6) is 0. The Hall–Kier alpha value is -14.4. The number of hydrogen-bond acceptors (Lipinski definition) is 4. The average molecular weight is 1620 g/mol. The monoisotopic (exact) mass is 1620 g/mol. The second-order valence-electron chi connectivity index (χ2n) is 38.6. The summed E-state index contributed by atoms with van der Waals surface area (Å²) in [6.45, 7) is 26.9. The Morgan fingerprint density at radius 2 is 0.752 bits per heavy atom. The molecule has 0 bridgehead atoms. The molecule has 0 saturated carbocycles. The van der Waals surface area contributed by atoms with Crippen LogP contribution in [-0.4, -0.2) is 15.7 Å². The van der Waals surface area contributed by atoms with Gasteiger partial charge in [-0.1, -0.05) is 332 Å². The lowest BCUT2D eigenvalue weighted by molar-refractivity contribution is 0.569. The third-order valence-electron chi connectivity index (χ3n) is 26.8. The molecule has 0 amide bonds. The zero-order chi connectivity index (χ0) is 90.7. The number of para-hydroxylation sites is 5. The van der Waals surface area contributed by atoms with Gasteiger partial charge < -0.3 is 27.6 Å². The van der Waals surface area contributed by atoms with Gasteiger partial charge in [0.05, 0.1) is 59.3 Å². The summed E-state index contributed by atoms with van der Waals surface area (Å²) in [6.07, 6.45) is 0. The number of aromatic nitrogens is 2. The second-order valence-corrected chi connectivity index (χ2v) is 38.6. The van der Waals surface area contributed by atoms with E-state index in [4.69, 9.17) is 8.83 Å². The van der Waals surface area contributed by atoms with Gasteiger partial charge >= 0.3 is 0 Å². The van der Waals surface area contributed by atoms with Gasteiger partial charge in [0.15, 0.2) is 0 Å². The molecule has 600 valence electrons. The van der Waals surface area contributed by atoms with Crippen LogP contribution < -0.4 is 26.2 Å². The first-order chi connectivity index (χ1) is 63.5. The molecule has 0 saturated heterocycles. The van der Waals surface area contributed by atoms with Gasteiger partial charge in [-0.05, 0) is 202 Å². The first kappa shape index (κ1) is 67.2. The smallest absolute Gasteiger partial charge is 0.252 e. The predicted molar refractivity (Wildman–Crippen MR) is 531 cm³/mol. The van der Waals surface area contributed by atoms with E-state index >= 15 is 0 Å². The lowest BCUT2D eigenvalue weighted by Gasteiger charge is -2.46. The quantitative estimate of drug-likeness (QED) is 0.135. The molecule has 0 N–H and O–H groups in total. The van der Waals surface area contributed by atoms with Crippen LogP contribution in [0, 0.1) is 0 Å². The molecule has 6 nitrogen and oxygen atoms in total. The van der Waals surface area contributed by atoms with Crippen LogP contribution >= 0.6 is 0 Å². The van der Waals surface area contributed by atoms with Crippen molar-refractivity contribution in [3.8, 4) is 72.4 Å². The van der Waals surface area contributed by atoms with Crippen molar-refractivity contribution in [3.05, 3.63) is 368 Å². The van der Waals surface area contributed by atoms with Gasteiger partial charge in [0.2, 0.25) is 0 Å². The van der Waals surface area contributed by atoms with Gasteiger partial charge in [-0.3, -0.25) is 0 Å². The third-order valence-corrected chi connectivity index (χ3v) is 26.8. The summed E-state index contributed by atoms with van der Waals surface area (Å²) < 4.78 is 90.7. The third kappa shape index (κ3) is 11.4. The zero-order valence-electron chi connectivity index (χ0n) is 79.1. The van der Waals surface area contributed by atoms with Crippen molar-refractivity contribution in [2.75, 3.05) is 9.80 Å². The molecule has 24 rings (SSSR count). The Balaban J connectivity index is 0.900. The SMILES string of the molecule is [2H]c1c([2H])c([2H])c2c(c1[2H])c1c([2H])c(-c3cccc(-c4ccccc4)c3)c([2H])c([2H])c1n2-c1ccc2c(c1)N(c1c(-c3ccccc3)cc(C(C)(C)C)c3oc4ccccc4c13)c1cc(-c3ccc4c(c3)c3cccc5c6ccccc6n4c53)cc3c1B2c1ccc(-c2cc(C(C)(C)C)cc(C(C)(C)C)c2)cc1N3c1c(-c2ccccc2)cc(C(C)(C)C)c2oc3ccccc3c12. The number of nitrogens with zero attached hydrogens (tertiary/aromatic N) is 4. The highest BCUT2D eigenvalue weighted by Gasteiger charge is 2.47. The molecule has 17 aromatic carbocycles. The van der Waals surface area contributed by atoms with E-state index in [9.17, 15) is 9.60 Å². The molecular formula is C118H93BN4O2. The van der Waals surface area contributed by atoms with E-state index in [1.54, 1.807) is 4.57 Å². The fourth-order valence-electron chi connectivity index (χ4n) is 20.6. The predicted octanol–water partition coefficient (Wildman–Crippen LogP) is 31.0. The van der Waals surface area contributed by atoms with Crippen molar-refractivity contribution < 1.29 is 18.4 Å². The average Bonchev–Trinajstić information content (AvgIpc) is 1.09. The number of furan rings is 2. The molecule has 0 aliphatic carbocycles. The summed E-state index contributed by atoms with van der Waals surface area (Å²) >= 11 is 0. The molecule has 0 atom stereocenters. The lowest BCUT2D eigenvalue weighted by atomic mass is 9.33. The Morgan fingerprint density at radius 3 is 1.35 bits per heavy atom. The Labute approximate surface area is 738 Å². The second kappa shape index (κ2) is 27.1. The molecule has 0 unspecified atom stereocenters. The van der Waals surface area contributed by atoms with E-state index in [1.165, 1.54) is 27.4 Å². The maximum absolute atomic E-state index is 10.7. The van der Waals surface area contributed by atoms with E-state index < -0.39 is 29.6 Å². The molecule has 2 aliphatic heterocycles. The minimum absolute atomic E-state index is 0.0794. The molecule has 7 heteroatoms. The van der Waals surface area contributed by atoms with E-state index in [0.29, 0.717) is 16.8 Å². The van der Waals surface area contributed by atoms with Gasteiger partial charge in [-0.2, -0.15) is 0 Å². The van der Waals surface area contributed by atoms with Crippen LogP contribution in [0.1, 0.15) is 115 Å². The minimum Gasteiger partial charge on any atom is -0.456 e. The fraction of sp³-hybridized carbons (Fsp3) is 0.136. The first-order valence-electron chi connectivity index (χ1n) is 47.2. The van der Waals surface area contributed by atoms with Crippen LogP contribution in [0.15, 0.2) is 354 Å². The highest BCUT2D eigenvalue weighted by molar-refractivity contribution is 7.00. The molecule has 125 heavy (non-hydrogen) atoms. The summed E-state index contributed by atoms with van der Waals surface area (Å²) in [5, 5.41) is 8.59. The summed E-state index contributed by atoms with van der Waals surface area (Å²) in [4.78, 5) is 5.11. The van der Waals surface area contributed by atoms with Crippen LogP contribution in [0.3, 0.4) is 0 Å². The number of rotatable bonds is 9. The van der Waals surface area contributed by atoms with Gasteiger partial charge in [-0.25, -0.2) is 0 Å². The Bertz CT molecular complexity index is 8700. The molecule has 5 aromatic heterocycles. The topological polar surface area (TPSA) is 42.1 Å². The number of hydrogen-bond donors (Lipinski definition) is 0. The zero-order valence-corrected chi connectivity index (χ0v) is 72.1. The number of benzene rings is 17. The van der Waals surface area contributed by atoms with Crippen molar-refractivity contribution in [1.82, 2.24) is 8.97 Å². The van der Waals surface area contributed by atoms with Crippen molar-refractivity contribution in [2.24, 2.45) is 0 Å². The summed E-state index contributed by atoms with van der Waals surface area (Å²) in [7, 11) is 0. The molecule has 7 heterocycles. The Kier molecular flexibility index (Phi) is 14.5. The van der Waals surface area contributed by atoms with Gasteiger partial charge in [-0.15, -0.1) is 0 Å². The van der Waals surface area contributed by atoms with Gasteiger partial charge in [0, 0.05) is 93.8 Å². The fourth-order valence-corrected chi connectivity index (χ4v) is 20.6. The highest BCUT2D eigenvalue weighted by atomic mass is 16.3. The van der Waals surface area contributed by atoms with E-state index in [2.05, 4.69) is 334 Å². The standard InChI is InChI=1S/C118H93BN4O2/c1-115(2,3)80-59-78(60-81(66-80)116(4,5)6)77-50-54-95-101(63-77)122(111-89(71-34-18-14-19-35-71)68-93(117(7,8)9)113-107(111)87-42-24-28-48-105(87)124-113)103-64-79(76-52-57-100-92(62-76)86-45-31-44-85-83-40-22-27-47-98(83)121(100)110(85)86)65-104-109(103)119(95)96-55-53-82(120-97-46-26-23-41-84(97)91-61-75(51-56-99(91)120)74-39-30-38-73(58-74)70-32-16-13-17-33-70)67-102(96)123(104)112-90(72-36-20-15-21-37-72)69-94(118(10,11)12)114-108(112)88-43-25-29-49-106(88)125-114/h13-69H,1-12H3/i23D,26D,41D,46D,51D,56D,61D. The summed E-state index contributed by atoms with van der Waals surface area (Å²) in [5.41, 5.74) is 28.9. The normalized spacial score (nSPS) is 14.0. The van der Waals surface area contributed by atoms with Crippen LogP contribution in [0.5, 0.6) is 0 Å². The number of fused-ring (bicyclic) bond motifs is 19. The van der Waals surface area contributed by atoms with Gasteiger partial charge in [0.25, 0.3) is 6.71 Å². The molecule has 0 spiro atoms. The number of anilines is 6. The van der Waals surface area contributed by atoms with Crippen molar-refractivity contribution >= 4 is 161 Å². The van der Waals surface area contributed by atoms with Crippen molar-refractivity contribution in [2.45, 2.75) is 105 Å². The van der Waals surface area contributed by atoms with E-state index in [1.807, 2.05) is 66.7 Å². The van der Waals surface area contributed by atoms with Crippen LogP contribution in [0.2, 0.25) is 0 Å².